The van der Waals surface area contributed by atoms with Crippen LogP contribution in [0.5, 0.6) is 0 Å². The first-order valence-corrected chi connectivity index (χ1v) is 9.87. The third kappa shape index (κ3) is 5.40. The van der Waals surface area contributed by atoms with Gasteiger partial charge in [0.15, 0.2) is 6.61 Å². The van der Waals surface area contributed by atoms with E-state index in [-0.39, 0.29) is 18.9 Å². The number of carbonyl (C=O) groups excluding carboxylic acids is 4. The SMILES string of the molecule is COC(=O)c1ccc(NC(=O)COC(=O)[C@H]2CC(=O)N(c3ccc(C)c(Cl)c3)C2)cc1. The van der Waals surface area contributed by atoms with E-state index in [1.54, 1.807) is 18.2 Å². The van der Waals surface area contributed by atoms with Crippen molar-refractivity contribution in [1.29, 1.82) is 0 Å². The minimum Gasteiger partial charge on any atom is -0.465 e. The number of aryl methyl sites for hydroxylation is 1. The Balaban J connectivity index is 1.51. The van der Waals surface area contributed by atoms with Crippen LogP contribution in [0.4, 0.5) is 11.4 Å². The van der Waals surface area contributed by atoms with Gasteiger partial charge in [0, 0.05) is 29.4 Å². The van der Waals surface area contributed by atoms with Crippen molar-refractivity contribution in [2.24, 2.45) is 5.92 Å². The third-order valence-electron chi connectivity index (χ3n) is 4.86. The van der Waals surface area contributed by atoms with E-state index < -0.39 is 30.4 Å². The van der Waals surface area contributed by atoms with E-state index in [1.807, 2.05) is 6.92 Å². The van der Waals surface area contributed by atoms with Gasteiger partial charge in [-0.25, -0.2) is 4.79 Å². The topological polar surface area (TPSA) is 102 Å². The van der Waals surface area contributed by atoms with Gasteiger partial charge in [0.2, 0.25) is 5.91 Å². The summed E-state index contributed by atoms with van der Waals surface area (Å²) in [6.07, 6.45) is 0.000931. The van der Waals surface area contributed by atoms with Gasteiger partial charge in [-0.05, 0) is 48.9 Å². The molecule has 1 fully saturated rings. The maximum Gasteiger partial charge on any atom is 0.337 e. The normalized spacial score (nSPS) is 15.5. The standard InChI is InChI=1S/C22H21ClN2O6/c1-13-3-8-17(10-18(13)23)25-11-15(9-20(25)27)22(29)31-12-19(26)24-16-6-4-14(5-7-16)21(28)30-2/h3-8,10,15H,9,11-12H2,1-2H3,(H,24,26)/t15-/m0/s1. The maximum atomic E-state index is 12.3. The highest BCUT2D eigenvalue weighted by molar-refractivity contribution is 6.31. The van der Waals surface area contributed by atoms with Crippen LogP contribution in [0.3, 0.4) is 0 Å². The van der Waals surface area contributed by atoms with Crippen LogP contribution in [0.15, 0.2) is 42.5 Å². The largest absolute Gasteiger partial charge is 0.465 e. The first-order valence-electron chi connectivity index (χ1n) is 9.50. The molecule has 31 heavy (non-hydrogen) atoms. The molecule has 0 unspecified atom stereocenters. The molecular weight excluding hydrogens is 424 g/mol. The predicted octanol–water partition coefficient (Wildman–Crippen LogP) is 2.97. The van der Waals surface area contributed by atoms with Crippen molar-refractivity contribution in [2.45, 2.75) is 13.3 Å². The smallest absolute Gasteiger partial charge is 0.337 e. The second-order valence-corrected chi connectivity index (χ2v) is 7.47. The Bertz CT molecular complexity index is 1020. The number of hydrogen-bond acceptors (Lipinski definition) is 6. The summed E-state index contributed by atoms with van der Waals surface area (Å²) in [5.74, 6) is -2.52. The quantitative estimate of drug-likeness (QED) is 0.687. The van der Waals surface area contributed by atoms with E-state index in [1.165, 1.54) is 36.3 Å². The summed E-state index contributed by atoms with van der Waals surface area (Å²) in [6, 6.07) is 11.3. The molecule has 1 saturated heterocycles. The van der Waals surface area contributed by atoms with Crippen LogP contribution in [-0.2, 0) is 23.9 Å². The number of hydrogen-bond donors (Lipinski definition) is 1. The summed E-state index contributed by atoms with van der Waals surface area (Å²) in [5.41, 5.74) is 2.28. The van der Waals surface area contributed by atoms with E-state index in [0.717, 1.165) is 5.56 Å². The minimum absolute atomic E-state index is 0.000931. The van der Waals surface area contributed by atoms with E-state index in [0.29, 0.717) is 22.0 Å². The van der Waals surface area contributed by atoms with Crippen molar-refractivity contribution in [2.75, 3.05) is 30.5 Å². The number of nitrogens with one attached hydrogen (secondary N) is 1. The molecule has 1 aliphatic rings. The summed E-state index contributed by atoms with van der Waals surface area (Å²) in [7, 11) is 1.28. The fourth-order valence-electron chi connectivity index (χ4n) is 3.12. The van der Waals surface area contributed by atoms with Crippen LogP contribution >= 0.6 is 11.6 Å². The van der Waals surface area contributed by atoms with Crippen molar-refractivity contribution in [3.05, 3.63) is 58.6 Å². The van der Waals surface area contributed by atoms with Crippen LogP contribution in [-0.4, -0.2) is 44.0 Å². The lowest BCUT2D eigenvalue weighted by Crippen LogP contribution is -2.28. The summed E-state index contributed by atoms with van der Waals surface area (Å²) in [6.45, 7) is 1.53. The van der Waals surface area contributed by atoms with Crippen molar-refractivity contribution >= 4 is 46.7 Å². The molecule has 3 rings (SSSR count). The zero-order valence-corrected chi connectivity index (χ0v) is 17.8. The molecular formula is C22H21ClN2O6. The second-order valence-electron chi connectivity index (χ2n) is 7.06. The van der Waals surface area contributed by atoms with Crippen LogP contribution in [0, 0.1) is 12.8 Å². The molecule has 162 valence electrons. The molecule has 1 heterocycles. The van der Waals surface area contributed by atoms with Gasteiger partial charge in [0.25, 0.3) is 5.91 Å². The molecule has 0 bridgehead atoms. The summed E-state index contributed by atoms with van der Waals surface area (Å²) < 4.78 is 9.69. The van der Waals surface area contributed by atoms with E-state index in [4.69, 9.17) is 16.3 Å². The van der Waals surface area contributed by atoms with Gasteiger partial charge in [-0.3, -0.25) is 14.4 Å². The van der Waals surface area contributed by atoms with Crippen molar-refractivity contribution in [1.82, 2.24) is 0 Å². The Kier molecular flexibility index (Phi) is 6.91. The number of methoxy groups -OCH3 is 1. The van der Waals surface area contributed by atoms with Gasteiger partial charge in [0.05, 0.1) is 18.6 Å². The number of ether oxygens (including phenoxy) is 2. The molecule has 0 aliphatic carbocycles. The molecule has 9 heteroatoms. The molecule has 2 aromatic carbocycles. The molecule has 0 spiro atoms. The number of benzene rings is 2. The number of esters is 2. The summed E-state index contributed by atoms with van der Waals surface area (Å²) in [4.78, 5) is 49.6. The average molecular weight is 445 g/mol. The van der Waals surface area contributed by atoms with Gasteiger partial charge in [-0.2, -0.15) is 0 Å². The van der Waals surface area contributed by atoms with E-state index in [9.17, 15) is 19.2 Å². The second kappa shape index (κ2) is 9.61. The molecule has 8 nitrogen and oxygen atoms in total. The number of halogens is 1. The lowest BCUT2D eigenvalue weighted by atomic mass is 10.1. The molecule has 0 saturated carbocycles. The predicted molar refractivity (Wildman–Crippen MR) is 114 cm³/mol. The lowest BCUT2D eigenvalue weighted by Gasteiger charge is -2.17. The minimum atomic E-state index is -0.667. The van der Waals surface area contributed by atoms with Crippen LogP contribution in [0.1, 0.15) is 22.3 Å². The van der Waals surface area contributed by atoms with Crippen molar-refractivity contribution < 1.29 is 28.7 Å². The fourth-order valence-corrected chi connectivity index (χ4v) is 3.30. The number of nitrogens with zero attached hydrogens (tertiary/aromatic N) is 1. The Morgan fingerprint density at radius 2 is 1.87 bits per heavy atom. The summed E-state index contributed by atoms with van der Waals surface area (Å²) in [5, 5.41) is 3.10. The highest BCUT2D eigenvalue weighted by atomic mass is 35.5. The first-order chi connectivity index (χ1) is 14.8. The van der Waals surface area contributed by atoms with Gasteiger partial charge in [0.1, 0.15) is 0 Å². The maximum absolute atomic E-state index is 12.3. The van der Waals surface area contributed by atoms with Crippen molar-refractivity contribution in [3.8, 4) is 0 Å². The van der Waals surface area contributed by atoms with Gasteiger partial charge in [-0.1, -0.05) is 17.7 Å². The number of anilines is 2. The van der Waals surface area contributed by atoms with Crippen LogP contribution in [0.2, 0.25) is 5.02 Å². The Hall–Kier alpha value is -3.39. The van der Waals surface area contributed by atoms with E-state index >= 15 is 0 Å². The van der Waals surface area contributed by atoms with E-state index in [2.05, 4.69) is 10.1 Å². The van der Waals surface area contributed by atoms with Gasteiger partial charge >= 0.3 is 11.9 Å². The van der Waals surface area contributed by atoms with Crippen molar-refractivity contribution in [3.63, 3.8) is 0 Å². The fraction of sp³-hybridized carbons (Fsp3) is 0.273. The van der Waals surface area contributed by atoms with Gasteiger partial charge in [-0.15, -0.1) is 0 Å². The zero-order chi connectivity index (χ0) is 22.5. The molecule has 0 aromatic heterocycles. The number of carbonyl (C=O) groups is 4. The highest BCUT2D eigenvalue weighted by Crippen LogP contribution is 2.29. The Labute approximate surface area is 184 Å². The molecule has 2 amide bonds. The first kappa shape index (κ1) is 22.3. The molecule has 1 N–H and O–H groups in total. The lowest BCUT2D eigenvalue weighted by molar-refractivity contribution is -0.151. The Morgan fingerprint density at radius 3 is 2.52 bits per heavy atom. The zero-order valence-electron chi connectivity index (χ0n) is 17.0. The highest BCUT2D eigenvalue weighted by Gasteiger charge is 2.36. The summed E-state index contributed by atoms with van der Waals surface area (Å²) >= 11 is 6.12. The molecule has 1 aliphatic heterocycles. The van der Waals surface area contributed by atoms with Crippen LogP contribution in [0.25, 0.3) is 0 Å². The van der Waals surface area contributed by atoms with Crippen LogP contribution < -0.4 is 10.2 Å². The monoisotopic (exact) mass is 444 g/mol. The Morgan fingerprint density at radius 1 is 1.16 bits per heavy atom. The average Bonchev–Trinajstić information content (AvgIpc) is 3.15. The molecule has 1 atom stereocenters. The molecule has 2 aromatic rings. The number of rotatable bonds is 6. The number of amides is 2. The van der Waals surface area contributed by atoms with Gasteiger partial charge < -0.3 is 19.7 Å². The molecule has 0 radical (unpaired) electrons. The third-order valence-corrected chi connectivity index (χ3v) is 5.27.